The van der Waals surface area contributed by atoms with Crippen molar-refractivity contribution in [3.63, 3.8) is 0 Å². The van der Waals surface area contributed by atoms with Gasteiger partial charge in [-0.25, -0.2) is 0 Å². The number of nitrogens with zero attached hydrogens (tertiary/aromatic N) is 2. The van der Waals surface area contributed by atoms with Crippen LogP contribution in [0.25, 0.3) is 0 Å². The third kappa shape index (κ3) is 3.99. The average molecular weight is 313 g/mol. The first kappa shape index (κ1) is 15.5. The molecule has 0 saturated heterocycles. The molecule has 0 fully saturated rings. The second-order valence-electron chi connectivity index (χ2n) is 5.14. The molecule has 0 saturated carbocycles. The lowest BCUT2D eigenvalue weighted by molar-refractivity contribution is 0.373. The van der Waals surface area contributed by atoms with Gasteiger partial charge < -0.3 is 9.80 Å². The Bertz CT molecular complexity index is 377. The van der Waals surface area contributed by atoms with Crippen LogP contribution in [0.4, 0.5) is 5.69 Å². The minimum Gasteiger partial charge on any atom is -0.368 e. The lowest BCUT2D eigenvalue weighted by Crippen LogP contribution is -2.40. The van der Waals surface area contributed by atoms with Crippen LogP contribution >= 0.6 is 15.9 Å². The summed E-state index contributed by atoms with van der Waals surface area (Å²) in [7, 11) is 4.26. The zero-order valence-corrected chi connectivity index (χ0v) is 13.8. The van der Waals surface area contributed by atoms with Gasteiger partial charge in [0.25, 0.3) is 0 Å². The Kier molecular flexibility index (Phi) is 6.16. The van der Waals surface area contributed by atoms with Gasteiger partial charge in [-0.1, -0.05) is 22.0 Å². The van der Waals surface area contributed by atoms with Crippen LogP contribution in [0.15, 0.2) is 18.2 Å². The summed E-state index contributed by atoms with van der Waals surface area (Å²) in [6, 6.07) is 7.29. The summed E-state index contributed by atoms with van der Waals surface area (Å²) < 4.78 is 0. The number of benzene rings is 1. The van der Waals surface area contributed by atoms with Gasteiger partial charge in [-0.05, 0) is 58.1 Å². The number of rotatable bonds is 6. The number of aryl methyl sites for hydroxylation is 1. The van der Waals surface area contributed by atoms with E-state index in [1.165, 1.54) is 16.8 Å². The molecule has 2 nitrogen and oxygen atoms in total. The van der Waals surface area contributed by atoms with Crippen LogP contribution in [0.1, 0.15) is 25.0 Å². The van der Waals surface area contributed by atoms with Gasteiger partial charge in [0.2, 0.25) is 0 Å². The summed E-state index contributed by atoms with van der Waals surface area (Å²) in [5.74, 6) is 0. The van der Waals surface area contributed by atoms with Gasteiger partial charge in [0.05, 0.1) is 0 Å². The maximum atomic E-state index is 3.53. The third-order valence-electron chi connectivity index (χ3n) is 3.30. The van der Waals surface area contributed by atoms with Gasteiger partial charge in [-0.2, -0.15) is 0 Å². The molecule has 0 radical (unpaired) electrons. The SMILES string of the molecule is CCN(c1ccc(CBr)c(C)c1)C(C)CN(C)C. The van der Waals surface area contributed by atoms with E-state index < -0.39 is 0 Å². The van der Waals surface area contributed by atoms with E-state index in [9.17, 15) is 0 Å². The topological polar surface area (TPSA) is 6.48 Å². The zero-order chi connectivity index (χ0) is 13.7. The summed E-state index contributed by atoms with van der Waals surface area (Å²) in [5, 5.41) is 0.929. The highest BCUT2D eigenvalue weighted by Gasteiger charge is 2.14. The van der Waals surface area contributed by atoms with Crippen molar-refractivity contribution >= 4 is 21.6 Å². The van der Waals surface area contributed by atoms with E-state index >= 15 is 0 Å². The molecule has 1 rings (SSSR count). The van der Waals surface area contributed by atoms with Gasteiger partial charge >= 0.3 is 0 Å². The molecule has 1 aromatic rings. The monoisotopic (exact) mass is 312 g/mol. The van der Waals surface area contributed by atoms with Crippen molar-refractivity contribution in [3.05, 3.63) is 29.3 Å². The molecule has 1 unspecified atom stereocenters. The van der Waals surface area contributed by atoms with Crippen LogP contribution in [0.3, 0.4) is 0 Å². The Balaban J connectivity index is 2.91. The van der Waals surface area contributed by atoms with Crippen molar-refractivity contribution in [1.29, 1.82) is 0 Å². The van der Waals surface area contributed by atoms with Gasteiger partial charge in [-0.3, -0.25) is 0 Å². The normalized spacial score (nSPS) is 12.8. The number of halogens is 1. The molecular weight excluding hydrogens is 288 g/mol. The number of hydrogen-bond acceptors (Lipinski definition) is 2. The van der Waals surface area contributed by atoms with Crippen molar-refractivity contribution in [1.82, 2.24) is 4.90 Å². The molecule has 1 aromatic carbocycles. The molecule has 0 aliphatic rings. The van der Waals surface area contributed by atoms with Crippen molar-refractivity contribution in [2.75, 3.05) is 32.1 Å². The number of alkyl halides is 1. The second kappa shape index (κ2) is 7.15. The molecule has 0 amide bonds. The highest BCUT2D eigenvalue weighted by molar-refractivity contribution is 9.08. The first-order valence-corrected chi connectivity index (χ1v) is 7.68. The standard InChI is InChI=1S/C15H25BrN2/c1-6-18(13(3)11-17(4)5)15-8-7-14(10-16)12(2)9-15/h7-9,13H,6,10-11H2,1-5H3. The predicted octanol–water partition coefficient (Wildman–Crippen LogP) is 3.67. The minimum atomic E-state index is 0.527. The summed E-state index contributed by atoms with van der Waals surface area (Å²) in [6.45, 7) is 8.82. The van der Waals surface area contributed by atoms with Gasteiger partial charge in [-0.15, -0.1) is 0 Å². The van der Waals surface area contributed by atoms with Gasteiger partial charge in [0, 0.05) is 30.1 Å². The summed E-state index contributed by atoms with van der Waals surface area (Å²) in [4.78, 5) is 4.71. The van der Waals surface area contributed by atoms with Crippen LogP contribution < -0.4 is 4.90 Å². The maximum absolute atomic E-state index is 3.53. The third-order valence-corrected chi connectivity index (χ3v) is 3.91. The summed E-state index contributed by atoms with van der Waals surface area (Å²) in [6.07, 6.45) is 0. The Hall–Kier alpha value is -0.540. The van der Waals surface area contributed by atoms with E-state index in [-0.39, 0.29) is 0 Å². The molecule has 102 valence electrons. The van der Waals surface area contributed by atoms with Crippen LogP contribution in [-0.4, -0.2) is 38.1 Å². The smallest absolute Gasteiger partial charge is 0.0388 e. The molecule has 18 heavy (non-hydrogen) atoms. The molecule has 0 aliphatic heterocycles. The van der Waals surface area contributed by atoms with Crippen molar-refractivity contribution in [3.8, 4) is 0 Å². The fraction of sp³-hybridized carbons (Fsp3) is 0.600. The molecule has 0 bridgehead atoms. The maximum Gasteiger partial charge on any atom is 0.0388 e. The van der Waals surface area contributed by atoms with Crippen LogP contribution in [0.5, 0.6) is 0 Å². The highest BCUT2D eigenvalue weighted by atomic mass is 79.9. The van der Waals surface area contributed by atoms with Crippen LogP contribution in [0, 0.1) is 6.92 Å². The lowest BCUT2D eigenvalue weighted by Gasteiger charge is -2.32. The zero-order valence-electron chi connectivity index (χ0n) is 12.2. The van der Waals surface area contributed by atoms with Gasteiger partial charge in [0.15, 0.2) is 0 Å². The largest absolute Gasteiger partial charge is 0.368 e. The molecule has 0 heterocycles. The Labute approximate surface area is 120 Å². The van der Waals surface area contributed by atoms with E-state index in [2.05, 4.69) is 78.8 Å². The molecule has 0 N–H and O–H groups in total. The molecule has 0 spiro atoms. The summed E-state index contributed by atoms with van der Waals surface area (Å²) >= 11 is 3.53. The van der Waals surface area contributed by atoms with Crippen LogP contribution in [-0.2, 0) is 5.33 Å². The van der Waals surface area contributed by atoms with E-state index in [1.54, 1.807) is 0 Å². The molecule has 0 aliphatic carbocycles. The molecule has 0 aromatic heterocycles. The Morgan fingerprint density at radius 1 is 1.28 bits per heavy atom. The second-order valence-corrected chi connectivity index (χ2v) is 5.70. The average Bonchev–Trinajstić information content (AvgIpc) is 2.29. The van der Waals surface area contributed by atoms with Crippen molar-refractivity contribution < 1.29 is 0 Å². The lowest BCUT2D eigenvalue weighted by atomic mass is 10.1. The van der Waals surface area contributed by atoms with E-state index in [1.807, 2.05) is 0 Å². The molecule has 1 atom stereocenters. The Morgan fingerprint density at radius 3 is 2.39 bits per heavy atom. The first-order valence-electron chi connectivity index (χ1n) is 6.56. The number of anilines is 1. The van der Waals surface area contributed by atoms with E-state index in [0.717, 1.165) is 18.4 Å². The summed E-state index contributed by atoms with van der Waals surface area (Å²) in [5.41, 5.74) is 4.06. The van der Waals surface area contributed by atoms with Crippen molar-refractivity contribution in [2.45, 2.75) is 32.1 Å². The quantitative estimate of drug-likeness (QED) is 0.740. The number of hydrogen-bond donors (Lipinski definition) is 0. The van der Waals surface area contributed by atoms with Crippen molar-refractivity contribution in [2.24, 2.45) is 0 Å². The first-order chi connectivity index (χ1) is 8.49. The van der Waals surface area contributed by atoms with Gasteiger partial charge in [0.1, 0.15) is 0 Å². The minimum absolute atomic E-state index is 0.527. The highest BCUT2D eigenvalue weighted by Crippen LogP contribution is 2.22. The Morgan fingerprint density at radius 2 is 1.94 bits per heavy atom. The van der Waals surface area contributed by atoms with E-state index in [0.29, 0.717) is 6.04 Å². The molecular formula is C15H25BrN2. The fourth-order valence-electron chi connectivity index (χ4n) is 2.38. The van der Waals surface area contributed by atoms with Crippen LogP contribution in [0.2, 0.25) is 0 Å². The molecule has 3 heteroatoms. The van der Waals surface area contributed by atoms with E-state index in [4.69, 9.17) is 0 Å². The predicted molar refractivity (Wildman–Crippen MR) is 84.8 cm³/mol. The number of likely N-dealkylation sites (N-methyl/N-ethyl adjacent to an activating group) is 2. The fourth-order valence-corrected chi connectivity index (χ4v) is 3.01.